The summed E-state index contributed by atoms with van der Waals surface area (Å²) in [6.45, 7) is 4.43. The van der Waals surface area contributed by atoms with E-state index in [1.165, 1.54) is 5.56 Å². The average Bonchev–Trinajstić information content (AvgIpc) is 3.27. The molecule has 2 unspecified atom stereocenters. The van der Waals surface area contributed by atoms with Gasteiger partial charge >= 0.3 is 0 Å². The summed E-state index contributed by atoms with van der Waals surface area (Å²) < 4.78 is 1.87. The largest absolute Gasteiger partial charge is 0.308 e. The number of fused-ring (bicyclic) bond motifs is 1. The molecule has 25 heavy (non-hydrogen) atoms. The van der Waals surface area contributed by atoms with Crippen molar-refractivity contribution >= 4 is 11.6 Å². The lowest BCUT2D eigenvalue weighted by Gasteiger charge is -2.37. The van der Waals surface area contributed by atoms with Crippen LogP contribution in [0.3, 0.4) is 0 Å². The van der Waals surface area contributed by atoms with Crippen LogP contribution >= 0.6 is 0 Å². The summed E-state index contributed by atoms with van der Waals surface area (Å²) in [4.78, 5) is 21.5. The average molecular weight is 339 g/mol. The number of para-hydroxylation sites is 1. The number of aromatic nitrogens is 3. The van der Waals surface area contributed by atoms with Crippen molar-refractivity contribution in [1.82, 2.24) is 19.7 Å². The van der Waals surface area contributed by atoms with Crippen LogP contribution in [-0.4, -0.2) is 50.7 Å². The Balaban J connectivity index is 1.48. The van der Waals surface area contributed by atoms with Gasteiger partial charge in [-0.1, -0.05) is 18.2 Å². The molecule has 4 rings (SSSR count). The quantitative estimate of drug-likeness (QED) is 0.856. The van der Waals surface area contributed by atoms with Crippen molar-refractivity contribution in [3.8, 4) is 0 Å². The van der Waals surface area contributed by atoms with Gasteiger partial charge in [0, 0.05) is 17.8 Å². The van der Waals surface area contributed by atoms with Gasteiger partial charge in [0.05, 0.1) is 13.1 Å². The highest BCUT2D eigenvalue weighted by molar-refractivity contribution is 5.96. The van der Waals surface area contributed by atoms with E-state index in [-0.39, 0.29) is 11.9 Å². The van der Waals surface area contributed by atoms with E-state index in [0.29, 0.717) is 12.6 Å². The van der Waals surface area contributed by atoms with Gasteiger partial charge in [-0.05, 0) is 50.8 Å². The lowest BCUT2D eigenvalue weighted by molar-refractivity contribution is -0.120. The maximum absolute atomic E-state index is 13.1. The van der Waals surface area contributed by atoms with Gasteiger partial charge in [0.2, 0.25) is 5.91 Å². The van der Waals surface area contributed by atoms with Crippen LogP contribution in [0.25, 0.3) is 0 Å². The zero-order chi connectivity index (χ0) is 17.2. The third-order valence-electron chi connectivity index (χ3n) is 5.49. The summed E-state index contributed by atoms with van der Waals surface area (Å²) in [5.41, 5.74) is 2.38. The number of carbonyl (C=O) groups excluding carboxylic acids is 1. The van der Waals surface area contributed by atoms with Gasteiger partial charge in [0.25, 0.3) is 0 Å². The molecule has 132 valence electrons. The van der Waals surface area contributed by atoms with Crippen LogP contribution in [0.2, 0.25) is 0 Å². The predicted molar refractivity (Wildman–Crippen MR) is 96.3 cm³/mol. The minimum Gasteiger partial charge on any atom is -0.308 e. The van der Waals surface area contributed by atoms with Crippen LogP contribution in [0.1, 0.15) is 31.7 Å². The number of nitrogens with zero attached hydrogens (tertiary/aromatic N) is 5. The number of hydrogen-bond acceptors (Lipinski definition) is 4. The van der Waals surface area contributed by atoms with Crippen LogP contribution in [0.5, 0.6) is 0 Å². The second kappa shape index (κ2) is 6.96. The first kappa shape index (κ1) is 16.3. The summed E-state index contributed by atoms with van der Waals surface area (Å²) in [6.07, 6.45) is 7.65. The molecule has 0 radical (unpaired) electrons. The fraction of sp³-hybridized carbons (Fsp3) is 0.526. The molecule has 1 saturated heterocycles. The van der Waals surface area contributed by atoms with Crippen LogP contribution in [0, 0.1) is 0 Å². The maximum atomic E-state index is 13.1. The molecule has 3 heterocycles. The van der Waals surface area contributed by atoms with Crippen molar-refractivity contribution in [2.24, 2.45) is 0 Å². The minimum absolute atomic E-state index is 0.213. The second-order valence-electron chi connectivity index (χ2n) is 7.16. The van der Waals surface area contributed by atoms with Crippen molar-refractivity contribution in [1.29, 1.82) is 0 Å². The van der Waals surface area contributed by atoms with E-state index in [1.807, 2.05) is 15.6 Å². The number of aryl methyl sites for hydroxylation is 1. The predicted octanol–water partition coefficient (Wildman–Crippen LogP) is 2.11. The molecule has 0 N–H and O–H groups in total. The Labute approximate surface area is 148 Å². The lowest BCUT2D eigenvalue weighted by Crippen LogP contribution is -2.48. The van der Waals surface area contributed by atoms with Gasteiger partial charge in [0.15, 0.2) is 0 Å². The molecule has 1 fully saturated rings. The zero-order valence-electron chi connectivity index (χ0n) is 14.7. The molecule has 2 aliphatic heterocycles. The highest BCUT2D eigenvalue weighted by atomic mass is 16.2. The fourth-order valence-electron chi connectivity index (χ4n) is 4.17. The van der Waals surface area contributed by atoms with Gasteiger partial charge in [-0.2, -0.15) is 5.10 Å². The van der Waals surface area contributed by atoms with E-state index in [1.54, 1.807) is 12.7 Å². The van der Waals surface area contributed by atoms with Crippen molar-refractivity contribution in [2.45, 2.75) is 51.2 Å². The van der Waals surface area contributed by atoms with E-state index in [4.69, 9.17) is 0 Å². The van der Waals surface area contributed by atoms with Crippen molar-refractivity contribution < 1.29 is 4.79 Å². The van der Waals surface area contributed by atoms with E-state index in [0.717, 1.165) is 44.5 Å². The monoisotopic (exact) mass is 339 g/mol. The van der Waals surface area contributed by atoms with Crippen LogP contribution in [-0.2, 0) is 17.8 Å². The normalized spacial score (nSPS) is 23.6. The second-order valence-corrected chi connectivity index (χ2v) is 7.16. The molecular weight excluding hydrogens is 314 g/mol. The van der Waals surface area contributed by atoms with Gasteiger partial charge in [-0.3, -0.25) is 14.4 Å². The molecule has 1 aromatic heterocycles. The van der Waals surface area contributed by atoms with Gasteiger partial charge in [-0.15, -0.1) is 0 Å². The Bertz CT molecular complexity index is 729. The standard InChI is InChI=1S/C19H25N5O/c1-15-8-9-16-5-2-3-7-18(16)24(15)19(25)12-22-10-4-6-17(22)11-23-14-20-13-21-23/h2-3,5,7,13-15,17H,4,6,8-12H2,1H3. The zero-order valence-corrected chi connectivity index (χ0v) is 14.7. The minimum atomic E-state index is 0.213. The van der Waals surface area contributed by atoms with Crippen LogP contribution in [0.4, 0.5) is 5.69 Å². The Hall–Kier alpha value is -2.21. The Morgan fingerprint density at radius 2 is 2.16 bits per heavy atom. The number of amides is 1. The molecule has 2 aromatic rings. The molecule has 0 saturated carbocycles. The molecule has 0 aliphatic carbocycles. The lowest BCUT2D eigenvalue weighted by atomic mass is 9.96. The SMILES string of the molecule is CC1CCc2ccccc2N1C(=O)CN1CCCC1Cn1cncn1. The van der Waals surface area contributed by atoms with Crippen molar-refractivity contribution in [3.63, 3.8) is 0 Å². The number of carbonyl (C=O) groups is 1. The van der Waals surface area contributed by atoms with E-state index in [2.05, 4.69) is 40.1 Å². The highest BCUT2D eigenvalue weighted by Gasteiger charge is 2.32. The summed E-state index contributed by atoms with van der Waals surface area (Å²) in [5, 5.41) is 4.21. The summed E-state index contributed by atoms with van der Waals surface area (Å²) in [5.74, 6) is 0.213. The number of benzene rings is 1. The summed E-state index contributed by atoms with van der Waals surface area (Å²) >= 11 is 0. The van der Waals surface area contributed by atoms with E-state index in [9.17, 15) is 4.79 Å². The van der Waals surface area contributed by atoms with Gasteiger partial charge < -0.3 is 4.90 Å². The van der Waals surface area contributed by atoms with Crippen molar-refractivity contribution in [3.05, 3.63) is 42.5 Å². The number of anilines is 1. The van der Waals surface area contributed by atoms with Crippen molar-refractivity contribution in [2.75, 3.05) is 18.0 Å². The number of rotatable bonds is 4. The molecule has 1 amide bonds. The first-order chi connectivity index (χ1) is 12.2. The van der Waals surface area contributed by atoms with E-state index < -0.39 is 0 Å². The maximum Gasteiger partial charge on any atom is 0.241 e. The molecular formula is C19H25N5O. The Morgan fingerprint density at radius 1 is 1.28 bits per heavy atom. The third-order valence-corrected chi connectivity index (χ3v) is 5.49. The number of hydrogen-bond donors (Lipinski definition) is 0. The Kier molecular flexibility index (Phi) is 4.53. The fourth-order valence-corrected chi connectivity index (χ4v) is 4.17. The molecule has 0 spiro atoms. The molecule has 2 atom stereocenters. The number of likely N-dealkylation sites (tertiary alicyclic amines) is 1. The first-order valence-corrected chi connectivity index (χ1v) is 9.19. The molecule has 0 bridgehead atoms. The summed E-state index contributed by atoms with van der Waals surface area (Å²) in [6, 6.07) is 8.94. The third kappa shape index (κ3) is 3.31. The van der Waals surface area contributed by atoms with Crippen LogP contribution in [0.15, 0.2) is 36.9 Å². The van der Waals surface area contributed by atoms with E-state index >= 15 is 0 Å². The van der Waals surface area contributed by atoms with Gasteiger partial charge in [0.1, 0.15) is 12.7 Å². The summed E-state index contributed by atoms with van der Waals surface area (Å²) in [7, 11) is 0. The topological polar surface area (TPSA) is 54.3 Å². The Morgan fingerprint density at radius 3 is 3.00 bits per heavy atom. The van der Waals surface area contributed by atoms with Gasteiger partial charge in [-0.25, -0.2) is 4.98 Å². The van der Waals surface area contributed by atoms with Crippen LogP contribution < -0.4 is 4.90 Å². The molecule has 6 nitrogen and oxygen atoms in total. The molecule has 1 aromatic carbocycles. The molecule has 2 aliphatic rings. The smallest absolute Gasteiger partial charge is 0.241 e. The highest BCUT2D eigenvalue weighted by Crippen LogP contribution is 2.31. The first-order valence-electron chi connectivity index (χ1n) is 9.19. The molecule has 6 heteroatoms.